The van der Waals surface area contributed by atoms with E-state index in [2.05, 4.69) is 196 Å². The summed E-state index contributed by atoms with van der Waals surface area (Å²) in [6, 6.07) is 68.6. The van der Waals surface area contributed by atoms with Crippen molar-refractivity contribution in [3.05, 3.63) is 215 Å². The van der Waals surface area contributed by atoms with Crippen LogP contribution < -0.4 is 0 Å². The lowest BCUT2D eigenvalue weighted by Gasteiger charge is -2.47. The Hall–Kier alpha value is -5.11. The molecule has 1 spiro atoms. The smallest absolute Gasteiger partial charge is 0.0719 e. The quantitative estimate of drug-likeness (QED) is 0.184. The van der Waals surface area contributed by atoms with Crippen LogP contribution in [0.1, 0.15) is 47.2 Å². The van der Waals surface area contributed by atoms with E-state index in [1.807, 2.05) is 0 Å². The summed E-state index contributed by atoms with van der Waals surface area (Å²) in [7, 11) is -1.85. The number of hydrogen-bond acceptors (Lipinski definition) is 0. The maximum atomic E-state index is 2.60. The zero-order chi connectivity index (χ0) is 31.6. The van der Waals surface area contributed by atoms with Gasteiger partial charge in [-0.1, -0.05) is 147 Å². The van der Waals surface area contributed by atoms with E-state index in [9.17, 15) is 0 Å². The minimum absolute atomic E-state index is 0.124. The first-order chi connectivity index (χ1) is 23.1. The number of hydrogen-bond donors (Lipinski definition) is 0. The van der Waals surface area contributed by atoms with E-state index in [-0.39, 0.29) is 5.41 Å². The van der Waals surface area contributed by atoms with Gasteiger partial charge in [-0.3, -0.25) is 0 Å². The molecule has 0 fully saturated rings. The molecule has 47 heavy (non-hydrogen) atoms. The third kappa shape index (κ3) is 3.72. The predicted octanol–water partition coefficient (Wildman–Crippen LogP) is 12.0. The van der Waals surface area contributed by atoms with Crippen LogP contribution in [0.15, 0.2) is 202 Å². The van der Waals surface area contributed by atoms with Gasteiger partial charge in [-0.2, -0.15) is 0 Å². The van der Waals surface area contributed by atoms with Crippen molar-refractivity contribution in [2.45, 2.75) is 44.3 Å². The summed E-state index contributed by atoms with van der Waals surface area (Å²) in [5.74, 6) is 0. The van der Waals surface area contributed by atoms with E-state index in [1.165, 1.54) is 64.1 Å². The minimum Gasteiger partial charge on any atom is -0.133 e. The molecule has 0 nitrogen and oxygen atoms in total. The lowest BCUT2D eigenvalue weighted by molar-refractivity contribution is 0.563. The Bertz CT molecular complexity index is 2120. The molecule has 9 rings (SSSR count). The molecule has 0 aromatic heterocycles. The van der Waals surface area contributed by atoms with Crippen LogP contribution in [-0.4, -0.2) is 0 Å². The summed E-state index contributed by atoms with van der Waals surface area (Å²) in [4.78, 5) is 5.37. The van der Waals surface area contributed by atoms with Gasteiger partial charge in [0.05, 0.1) is 5.41 Å². The van der Waals surface area contributed by atoms with Gasteiger partial charge in [-0.05, 0) is 93.0 Å². The molecule has 0 unspecified atom stereocenters. The third-order valence-corrected chi connectivity index (χ3v) is 14.6. The Labute approximate surface area is 279 Å². The minimum atomic E-state index is -1.85. The van der Waals surface area contributed by atoms with Gasteiger partial charge >= 0.3 is 0 Å². The van der Waals surface area contributed by atoms with Crippen molar-refractivity contribution in [1.82, 2.24) is 0 Å². The SMILES string of the molecule is CC1(C)c2ccccc2C2(c3ccccc3-c3ccc(S(c4ccccc4)(c4ccccc4)c4ccccc4)cc32)c2ccccc21. The second-order valence-electron chi connectivity index (χ2n) is 13.3. The molecule has 0 atom stereocenters. The van der Waals surface area contributed by atoms with E-state index in [4.69, 9.17) is 0 Å². The molecule has 2 aliphatic carbocycles. The van der Waals surface area contributed by atoms with Crippen molar-refractivity contribution in [3.8, 4) is 11.1 Å². The zero-order valence-electron chi connectivity index (χ0n) is 26.7. The van der Waals surface area contributed by atoms with Gasteiger partial charge in [0, 0.05) is 25.0 Å². The summed E-state index contributed by atoms with van der Waals surface area (Å²) >= 11 is 0. The van der Waals surface area contributed by atoms with Crippen LogP contribution in [0.3, 0.4) is 0 Å². The molecule has 0 radical (unpaired) electrons. The largest absolute Gasteiger partial charge is 0.133 e. The average molecular weight is 621 g/mol. The molecule has 7 aromatic rings. The summed E-state index contributed by atoms with van der Waals surface area (Å²) in [5, 5.41) is 0. The van der Waals surface area contributed by atoms with Crippen LogP contribution in [0.2, 0.25) is 0 Å². The molecular weight excluding hydrogens is 585 g/mol. The molecule has 0 amide bonds. The summed E-state index contributed by atoms with van der Waals surface area (Å²) in [5.41, 5.74) is 10.5. The van der Waals surface area contributed by atoms with Crippen LogP contribution in [0.4, 0.5) is 0 Å². The second-order valence-corrected chi connectivity index (χ2v) is 16.4. The summed E-state index contributed by atoms with van der Waals surface area (Å²) < 4.78 is 0. The number of fused-ring (bicyclic) bond motifs is 9. The normalized spacial score (nSPS) is 15.3. The topological polar surface area (TPSA) is 0 Å². The van der Waals surface area contributed by atoms with Gasteiger partial charge in [0.25, 0.3) is 0 Å². The first-order valence-electron chi connectivity index (χ1n) is 16.5. The molecule has 0 saturated heterocycles. The number of rotatable bonds is 4. The van der Waals surface area contributed by atoms with Gasteiger partial charge < -0.3 is 0 Å². The molecule has 0 aliphatic heterocycles. The Morgan fingerprint density at radius 3 is 1.19 bits per heavy atom. The van der Waals surface area contributed by atoms with E-state index in [1.54, 1.807) is 0 Å². The maximum Gasteiger partial charge on any atom is 0.0719 e. The van der Waals surface area contributed by atoms with E-state index in [0.717, 1.165) is 0 Å². The van der Waals surface area contributed by atoms with Crippen molar-refractivity contribution in [1.29, 1.82) is 0 Å². The van der Waals surface area contributed by atoms with Crippen LogP contribution in [-0.2, 0) is 10.8 Å². The van der Waals surface area contributed by atoms with Crippen LogP contribution in [0.25, 0.3) is 11.1 Å². The van der Waals surface area contributed by atoms with Gasteiger partial charge in [-0.25, -0.2) is 0 Å². The van der Waals surface area contributed by atoms with Crippen molar-refractivity contribution < 1.29 is 0 Å². The summed E-state index contributed by atoms with van der Waals surface area (Å²) in [6.07, 6.45) is 0. The highest BCUT2D eigenvalue weighted by atomic mass is 32.3. The fourth-order valence-corrected chi connectivity index (χ4v) is 12.6. The molecule has 0 saturated carbocycles. The van der Waals surface area contributed by atoms with E-state index >= 15 is 0 Å². The lowest BCUT2D eigenvalue weighted by Crippen LogP contribution is -2.40. The standard InChI is InChI=1S/C46H36S/c1-45(2)40-26-14-16-28-42(40)46(43-29-17-15-27-41(43)45)39-25-13-12-24-37(39)38-31-30-36(32-44(38)46)47(33-18-6-3-7-19-33,34-20-8-4-9-21-34)35-22-10-5-11-23-35/h3-32H,1-2H3. The Morgan fingerprint density at radius 2 is 0.702 bits per heavy atom. The van der Waals surface area contributed by atoms with Crippen molar-refractivity contribution in [2.75, 3.05) is 0 Å². The van der Waals surface area contributed by atoms with Crippen molar-refractivity contribution in [3.63, 3.8) is 0 Å². The highest BCUT2D eigenvalue weighted by Gasteiger charge is 2.53. The highest BCUT2D eigenvalue weighted by Crippen LogP contribution is 2.74. The summed E-state index contributed by atoms with van der Waals surface area (Å²) in [6.45, 7) is 4.79. The molecule has 0 N–H and O–H groups in total. The first-order valence-corrected chi connectivity index (χ1v) is 18.2. The molecule has 1 heteroatoms. The fourth-order valence-electron chi connectivity index (χ4n) is 8.72. The highest BCUT2D eigenvalue weighted by molar-refractivity contribution is 8.34. The van der Waals surface area contributed by atoms with E-state index in [0.29, 0.717) is 0 Å². The monoisotopic (exact) mass is 620 g/mol. The molecule has 226 valence electrons. The Morgan fingerprint density at radius 1 is 0.319 bits per heavy atom. The molecule has 0 heterocycles. The predicted molar refractivity (Wildman–Crippen MR) is 196 cm³/mol. The van der Waals surface area contributed by atoms with Gasteiger partial charge in [0.1, 0.15) is 0 Å². The number of benzene rings is 7. The Kier molecular flexibility index (Phi) is 6.26. The average Bonchev–Trinajstić information content (AvgIpc) is 3.43. The van der Waals surface area contributed by atoms with E-state index < -0.39 is 15.4 Å². The van der Waals surface area contributed by atoms with Crippen LogP contribution in [0, 0.1) is 0 Å². The third-order valence-electron chi connectivity index (χ3n) is 10.7. The lowest BCUT2D eigenvalue weighted by atomic mass is 9.55. The van der Waals surface area contributed by atoms with Gasteiger partial charge in [-0.15, -0.1) is 10.0 Å². The molecule has 0 bridgehead atoms. The second kappa shape index (κ2) is 10.5. The fraction of sp³-hybridized carbons (Fsp3) is 0.0870. The van der Waals surface area contributed by atoms with Gasteiger partial charge in [0.15, 0.2) is 0 Å². The van der Waals surface area contributed by atoms with Crippen LogP contribution >= 0.6 is 10.0 Å². The van der Waals surface area contributed by atoms with Crippen LogP contribution in [0.5, 0.6) is 0 Å². The van der Waals surface area contributed by atoms with Crippen molar-refractivity contribution in [2.24, 2.45) is 0 Å². The molecular formula is C46H36S. The Balaban J connectivity index is 1.45. The zero-order valence-corrected chi connectivity index (χ0v) is 27.5. The molecule has 2 aliphatic rings. The molecule has 7 aromatic carbocycles. The van der Waals surface area contributed by atoms with Crippen molar-refractivity contribution >= 4 is 10.0 Å². The first kappa shape index (κ1) is 28.1. The maximum absolute atomic E-state index is 2.60. The van der Waals surface area contributed by atoms with Gasteiger partial charge in [0.2, 0.25) is 0 Å².